The average Bonchev–Trinajstić information content (AvgIpc) is 2.16. The first-order valence-corrected chi connectivity index (χ1v) is 6.67. The molecule has 0 aromatic heterocycles. The van der Waals surface area contributed by atoms with Crippen molar-refractivity contribution in [3.63, 3.8) is 0 Å². The molecule has 3 nitrogen and oxygen atoms in total. The Labute approximate surface area is 98.8 Å². The first-order chi connectivity index (χ1) is 7.45. The van der Waals surface area contributed by atoms with E-state index in [4.69, 9.17) is 5.73 Å². The van der Waals surface area contributed by atoms with E-state index in [1.165, 1.54) is 6.42 Å². The van der Waals surface area contributed by atoms with E-state index in [1.54, 1.807) is 0 Å². The summed E-state index contributed by atoms with van der Waals surface area (Å²) in [5.41, 5.74) is 5.58. The Morgan fingerprint density at radius 3 is 2.12 bits per heavy atom. The molecule has 94 valence electrons. The van der Waals surface area contributed by atoms with E-state index in [2.05, 4.69) is 19.2 Å². The topological polar surface area (TPSA) is 58.3 Å². The zero-order valence-electron chi connectivity index (χ0n) is 10.6. The monoisotopic (exact) mass is 226 g/mol. The van der Waals surface area contributed by atoms with Gasteiger partial charge in [0.1, 0.15) is 0 Å². The largest absolute Gasteiger partial charge is 0.388 e. The fraction of sp³-hybridized carbons (Fsp3) is 1.00. The summed E-state index contributed by atoms with van der Waals surface area (Å²) in [5, 5.41) is 14.1. The number of aliphatic hydroxyl groups is 1. The van der Waals surface area contributed by atoms with Crippen molar-refractivity contribution in [2.45, 2.75) is 57.1 Å². The minimum atomic E-state index is -0.638. The van der Waals surface area contributed by atoms with Crippen molar-refractivity contribution in [2.75, 3.05) is 13.1 Å². The van der Waals surface area contributed by atoms with Crippen molar-refractivity contribution < 1.29 is 5.11 Å². The number of nitrogens with two attached hydrogens (primary N) is 1. The van der Waals surface area contributed by atoms with E-state index in [0.717, 1.165) is 38.8 Å². The van der Waals surface area contributed by atoms with Gasteiger partial charge in [-0.05, 0) is 57.0 Å². The summed E-state index contributed by atoms with van der Waals surface area (Å²) in [6.07, 6.45) is 4.83. The standard InChI is InChI=1S/C13H26N2O/c1-10-7-11(2)9-12(14,8-10)13(16)3-5-15-6-4-13/h10-11,15-16H,3-9,14H2,1-2H3. The molecule has 2 aliphatic rings. The third-order valence-corrected chi connectivity index (χ3v) is 4.59. The second kappa shape index (κ2) is 4.28. The molecular weight excluding hydrogens is 200 g/mol. The first kappa shape index (κ1) is 12.3. The molecular formula is C13H26N2O. The predicted molar refractivity (Wildman–Crippen MR) is 66.2 cm³/mol. The molecule has 3 heteroatoms. The van der Waals surface area contributed by atoms with E-state index in [9.17, 15) is 5.11 Å². The van der Waals surface area contributed by atoms with Crippen molar-refractivity contribution in [2.24, 2.45) is 17.6 Å². The first-order valence-electron chi connectivity index (χ1n) is 6.67. The van der Waals surface area contributed by atoms with Gasteiger partial charge in [0.2, 0.25) is 0 Å². The highest BCUT2D eigenvalue weighted by atomic mass is 16.3. The van der Waals surface area contributed by atoms with Crippen LogP contribution in [0.2, 0.25) is 0 Å². The van der Waals surface area contributed by atoms with Crippen molar-refractivity contribution >= 4 is 0 Å². The zero-order chi connectivity index (χ0) is 11.8. The molecule has 0 radical (unpaired) electrons. The van der Waals surface area contributed by atoms with Crippen LogP contribution in [-0.4, -0.2) is 29.3 Å². The fourth-order valence-electron chi connectivity index (χ4n) is 3.90. The lowest BCUT2D eigenvalue weighted by Crippen LogP contribution is -2.66. The van der Waals surface area contributed by atoms with Crippen LogP contribution in [0.5, 0.6) is 0 Å². The second-order valence-electron chi connectivity index (χ2n) is 6.29. The van der Waals surface area contributed by atoms with Crippen LogP contribution in [0.3, 0.4) is 0 Å². The molecule has 0 aromatic carbocycles. The minimum Gasteiger partial charge on any atom is -0.388 e. The number of piperidine rings is 1. The summed E-state index contributed by atoms with van der Waals surface area (Å²) in [5.74, 6) is 1.29. The van der Waals surface area contributed by atoms with Gasteiger partial charge in [0, 0.05) is 5.54 Å². The Hall–Kier alpha value is -0.120. The number of rotatable bonds is 1. The van der Waals surface area contributed by atoms with Crippen LogP contribution >= 0.6 is 0 Å². The molecule has 0 amide bonds. The van der Waals surface area contributed by atoms with Crippen LogP contribution in [0, 0.1) is 11.8 Å². The van der Waals surface area contributed by atoms with Gasteiger partial charge in [-0.3, -0.25) is 0 Å². The second-order valence-corrected chi connectivity index (χ2v) is 6.29. The Morgan fingerprint density at radius 2 is 1.62 bits per heavy atom. The molecule has 2 atom stereocenters. The molecule has 0 bridgehead atoms. The molecule has 2 fully saturated rings. The smallest absolute Gasteiger partial charge is 0.0850 e. The summed E-state index contributed by atoms with van der Waals surface area (Å²) >= 11 is 0. The molecule has 0 aromatic rings. The Kier molecular flexibility index (Phi) is 3.30. The molecule has 1 saturated carbocycles. The van der Waals surface area contributed by atoms with Gasteiger partial charge in [0.25, 0.3) is 0 Å². The van der Waals surface area contributed by atoms with Gasteiger partial charge in [-0.25, -0.2) is 0 Å². The van der Waals surface area contributed by atoms with Crippen LogP contribution < -0.4 is 11.1 Å². The lowest BCUT2D eigenvalue weighted by Gasteiger charge is -2.52. The maximum Gasteiger partial charge on any atom is 0.0850 e. The van der Waals surface area contributed by atoms with Crippen molar-refractivity contribution in [1.82, 2.24) is 5.32 Å². The van der Waals surface area contributed by atoms with Crippen LogP contribution in [0.4, 0.5) is 0 Å². The molecule has 0 spiro atoms. The van der Waals surface area contributed by atoms with Gasteiger partial charge in [-0.2, -0.15) is 0 Å². The fourth-order valence-corrected chi connectivity index (χ4v) is 3.90. The molecule has 16 heavy (non-hydrogen) atoms. The molecule has 1 aliphatic heterocycles. The van der Waals surface area contributed by atoms with Crippen LogP contribution in [0.1, 0.15) is 46.0 Å². The number of nitrogens with one attached hydrogen (secondary N) is 1. The number of hydrogen-bond acceptors (Lipinski definition) is 3. The predicted octanol–water partition coefficient (Wildman–Crippen LogP) is 1.25. The van der Waals surface area contributed by atoms with E-state index in [1.807, 2.05) is 0 Å². The zero-order valence-corrected chi connectivity index (χ0v) is 10.6. The molecule has 1 aliphatic carbocycles. The highest BCUT2D eigenvalue weighted by Gasteiger charge is 2.50. The lowest BCUT2D eigenvalue weighted by atomic mass is 9.62. The Balaban J connectivity index is 2.15. The molecule has 1 saturated heterocycles. The average molecular weight is 226 g/mol. The van der Waals surface area contributed by atoms with Gasteiger partial charge < -0.3 is 16.2 Å². The highest BCUT2D eigenvalue weighted by Crippen LogP contribution is 2.43. The molecule has 1 heterocycles. The van der Waals surface area contributed by atoms with Crippen LogP contribution in [0.25, 0.3) is 0 Å². The third-order valence-electron chi connectivity index (χ3n) is 4.59. The van der Waals surface area contributed by atoms with Gasteiger partial charge in [-0.15, -0.1) is 0 Å². The molecule has 4 N–H and O–H groups in total. The van der Waals surface area contributed by atoms with Crippen molar-refractivity contribution in [3.05, 3.63) is 0 Å². The van der Waals surface area contributed by atoms with Gasteiger partial charge in [0.15, 0.2) is 0 Å². The maximum absolute atomic E-state index is 10.8. The third kappa shape index (κ3) is 2.13. The number of hydrogen-bond donors (Lipinski definition) is 3. The summed E-state index contributed by atoms with van der Waals surface area (Å²) in [6, 6.07) is 0. The lowest BCUT2D eigenvalue weighted by molar-refractivity contribution is -0.0865. The SMILES string of the molecule is CC1CC(C)CC(N)(C2(O)CCNCC2)C1. The van der Waals surface area contributed by atoms with Crippen LogP contribution in [0.15, 0.2) is 0 Å². The summed E-state index contributed by atoms with van der Waals surface area (Å²) in [4.78, 5) is 0. The van der Waals surface area contributed by atoms with E-state index in [-0.39, 0.29) is 5.54 Å². The quantitative estimate of drug-likeness (QED) is 0.631. The van der Waals surface area contributed by atoms with E-state index >= 15 is 0 Å². The minimum absolute atomic E-state index is 0.355. The van der Waals surface area contributed by atoms with E-state index < -0.39 is 5.60 Å². The van der Waals surface area contributed by atoms with Gasteiger partial charge in [-0.1, -0.05) is 13.8 Å². The summed E-state index contributed by atoms with van der Waals surface area (Å²) < 4.78 is 0. The van der Waals surface area contributed by atoms with Crippen molar-refractivity contribution in [1.29, 1.82) is 0 Å². The summed E-state index contributed by atoms with van der Waals surface area (Å²) in [7, 11) is 0. The van der Waals surface area contributed by atoms with Gasteiger partial charge >= 0.3 is 0 Å². The normalized spacial score (nSPS) is 44.2. The van der Waals surface area contributed by atoms with Crippen molar-refractivity contribution in [3.8, 4) is 0 Å². The molecule has 2 rings (SSSR count). The summed E-state index contributed by atoms with van der Waals surface area (Å²) in [6.45, 7) is 6.33. The Bertz CT molecular complexity index is 238. The van der Waals surface area contributed by atoms with Gasteiger partial charge in [0.05, 0.1) is 5.60 Å². The maximum atomic E-state index is 10.8. The van der Waals surface area contributed by atoms with Crippen LogP contribution in [-0.2, 0) is 0 Å². The van der Waals surface area contributed by atoms with E-state index in [0.29, 0.717) is 11.8 Å². The molecule has 2 unspecified atom stereocenters. The highest BCUT2D eigenvalue weighted by molar-refractivity contribution is 5.08. The Morgan fingerprint density at radius 1 is 1.12 bits per heavy atom.